The molecule has 0 amide bonds. The summed E-state index contributed by atoms with van der Waals surface area (Å²) in [5.41, 5.74) is 0.608. The largest absolute Gasteiger partial charge is 0.744 e. The normalized spacial score (nSPS) is 11.4. The Balaban J connectivity index is 0.000000644. The topological polar surface area (TPSA) is 410 Å². The molecule has 0 atom stereocenters. The molecule has 7 rings (SSSR count). The highest BCUT2D eigenvalue weighted by atomic mass is 32.2. The minimum atomic E-state index is -5.75. The van der Waals surface area contributed by atoms with Crippen molar-refractivity contribution in [3.05, 3.63) is 263 Å². The summed E-state index contributed by atoms with van der Waals surface area (Å²) >= 11 is 0. The molecule has 45 heteroatoms. The van der Waals surface area contributed by atoms with Crippen molar-refractivity contribution in [2.24, 2.45) is 0 Å². The minimum absolute atomic E-state index is 0.102. The van der Waals surface area contributed by atoms with Crippen molar-refractivity contribution in [3.63, 3.8) is 0 Å². The van der Waals surface area contributed by atoms with Crippen LogP contribution in [0.2, 0.25) is 0 Å². The van der Waals surface area contributed by atoms with E-state index in [1.54, 1.807) is 13.8 Å². The Morgan fingerprint density at radius 1 is 0.282 bits per heavy atom. The van der Waals surface area contributed by atoms with E-state index in [0.717, 1.165) is 49.4 Å². The molecule has 0 heterocycles. The highest BCUT2D eigenvalue weighted by Crippen LogP contribution is 2.36. The maximum atomic E-state index is 13.5. The van der Waals surface area contributed by atoms with Gasteiger partial charge in [0, 0.05) is 16.7 Å². The summed E-state index contributed by atoms with van der Waals surface area (Å²) in [6, 6.07) is 10.5. The molecule has 0 unspecified atom stereocenters. The maximum Gasteiger partial charge on any atom is 0.205 e. The first kappa shape index (κ1) is 98.5. The first-order valence-corrected chi connectivity index (χ1v) is 37.7. The third-order valence-corrected chi connectivity index (χ3v) is 18.6. The van der Waals surface area contributed by atoms with E-state index < -0.39 is 221 Å². The van der Waals surface area contributed by atoms with Crippen LogP contribution in [0.3, 0.4) is 0 Å². The Kier molecular flexibility index (Phi) is 34.0. The zero-order valence-electron chi connectivity index (χ0n) is 56.5. The van der Waals surface area contributed by atoms with Crippen LogP contribution in [0.15, 0.2) is 171 Å². The average molecular weight is 1710 g/mol. The summed E-state index contributed by atoms with van der Waals surface area (Å²) in [7, 11) is -35.7. The third-order valence-electron chi connectivity index (χ3n) is 12.7. The quantitative estimate of drug-likeness (QED) is 0.0285. The second-order valence-electron chi connectivity index (χ2n) is 21.6. The molecular formula is C65H49F16O22S7-7. The van der Waals surface area contributed by atoms with Gasteiger partial charge in [0.1, 0.15) is 126 Å². The molecule has 0 saturated carbocycles. The molecule has 0 saturated heterocycles. The highest BCUT2D eigenvalue weighted by Gasteiger charge is 2.32. The van der Waals surface area contributed by atoms with E-state index in [0.29, 0.717) is 40.5 Å². The molecule has 0 bridgehead atoms. The van der Waals surface area contributed by atoms with Crippen molar-refractivity contribution >= 4 is 104 Å². The molecular weight excluding hydrogens is 1660 g/mol. The summed E-state index contributed by atoms with van der Waals surface area (Å²) in [4.78, 5) is -9.39. The molecule has 0 aliphatic heterocycles. The SMILES string of the molecule is C=C(C)C(=C)Oc1c(F)c(F)c(S(=O)(=O)[O-])c(F)c1F.C=C(C)c1c(F)c(F)c(S(=O)(=O)[O-])c(F)c1F.C=C(C)c1c(F)cc(S(=O)(=O)[O-])cc1F.C=C(C)c1cc(F)c(S(=O)(=O)[O-])c(F)c1.C=C(C)c1ccc(S(=O)(=O)[O-])c(F)c1.C=C(C)c1ccc(S(=O)(=O)[O-])c(F)c1F.C=C(C)c1ccc(S(=O)(=O)[O-])cc1F. The molecule has 0 fully saturated rings. The highest BCUT2D eigenvalue weighted by molar-refractivity contribution is 7.87. The standard InChI is InChI=1S/C11H8F4O4S.C9H6F4O3S.3C9H8F2O3S.2C9H9FO3S/c1-4(2)5(3)19-10-6(12)8(14)11(20(16,17)18)9(15)7(10)13;1-3(2)4-5(10)7(12)9(17(14,15)16)8(13)6(4)11;1-5(2)9-7(10)3-6(4-8(9)11)15(12,13)14;1-5(2)6-3-7(10)9(8(11)4-6)15(12,13)14;1-5(2)6-3-4-7(15(12,13)14)9(11)8(6)10;1-6(2)8-4-3-7(5-9(8)10)14(11,12)13;1-6(2)7-3-4-9(8(10)5-7)14(11,12)13/h1,3H2,2H3,(H,16,17,18);1H2,2H3,(H,14,15,16);3*3-4H,1H2,2H3,(H,12,13,14);2*3-5H,1H2,2H3,(H,11,12,13)/p-7. The molecule has 602 valence electrons. The Labute approximate surface area is 618 Å². The summed E-state index contributed by atoms with van der Waals surface area (Å²) in [5, 5.41) is 0. The zero-order chi connectivity index (χ0) is 86.6. The van der Waals surface area contributed by atoms with Crippen LogP contribution in [0, 0.1) is 93.1 Å². The predicted molar refractivity (Wildman–Crippen MR) is 353 cm³/mol. The van der Waals surface area contributed by atoms with Gasteiger partial charge in [-0.15, -0.1) is 0 Å². The van der Waals surface area contributed by atoms with E-state index in [9.17, 15) is 161 Å². The lowest BCUT2D eigenvalue weighted by Gasteiger charge is -2.15. The van der Waals surface area contributed by atoms with Gasteiger partial charge in [-0.2, -0.15) is 8.78 Å². The van der Waals surface area contributed by atoms with Gasteiger partial charge in [-0.3, -0.25) is 0 Å². The summed E-state index contributed by atoms with van der Waals surface area (Å²) in [6.45, 7) is 36.7. The van der Waals surface area contributed by atoms with Gasteiger partial charge in [0.05, 0.1) is 25.1 Å². The predicted octanol–water partition coefficient (Wildman–Crippen LogP) is 14.0. The molecule has 0 aliphatic rings. The van der Waals surface area contributed by atoms with Crippen molar-refractivity contribution in [3.8, 4) is 5.75 Å². The minimum Gasteiger partial charge on any atom is -0.744 e. The van der Waals surface area contributed by atoms with Crippen LogP contribution in [0.1, 0.15) is 81.8 Å². The zero-order valence-corrected chi connectivity index (χ0v) is 62.2. The molecule has 22 nitrogen and oxygen atoms in total. The van der Waals surface area contributed by atoms with Crippen molar-refractivity contribution in [1.82, 2.24) is 0 Å². The van der Waals surface area contributed by atoms with Crippen LogP contribution in [-0.2, 0) is 70.8 Å². The maximum absolute atomic E-state index is 13.5. The van der Waals surface area contributed by atoms with Gasteiger partial charge >= 0.3 is 0 Å². The first-order chi connectivity index (χ1) is 49.4. The van der Waals surface area contributed by atoms with Crippen LogP contribution in [0.25, 0.3) is 33.4 Å². The molecule has 110 heavy (non-hydrogen) atoms. The molecule has 0 spiro atoms. The third kappa shape index (κ3) is 26.6. The van der Waals surface area contributed by atoms with Crippen LogP contribution in [0.4, 0.5) is 70.2 Å². The summed E-state index contributed by atoms with van der Waals surface area (Å²) in [5.74, 6) is -29.3. The van der Waals surface area contributed by atoms with Crippen molar-refractivity contribution in [1.29, 1.82) is 0 Å². The number of allylic oxidation sites excluding steroid dienone is 7. The Hall–Kier alpha value is -9.49. The monoisotopic (exact) mass is 1710 g/mol. The Morgan fingerprint density at radius 2 is 0.618 bits per heavy atom. The second-order valence-corrected chi connectivity index (χ2v) is 31.0. The van der Waals surface area contributed by atoms with Gasteiger partial charge in [0.25, 0.3) is 0 Å². The number of hydrogen-bond acceptors (Lipinski definition) is 22. The van der Waals surface area contributed by atoms with Gasteiger partial charge in [-0.05, 0) is 142 Å². The molecule has 0 aliphatic carbocycles. The van der Waals surface area contributed by atoms with E-state index in [4.69, 9.17) is 0 Å². The van der Waals surface area contributed by atoms with Crippen molar-refractivity contribution in [2.75, 3.05) is 0 Å². The van der Waals surface area contributed by atoms with E-state index >= 15 is 0 Å². The number of benzene rings is 7. The lowest BCUT2D eigenvalue weighted by atomic mass is 10.1. The van der Waals surface area contributed by atoms with E-state index in [2.05, 4.69) is 57.4 Å². The van der Waals surface area contributed by atoms with Crippen LogP contribution in [0.5, 0.6) is 5.75 Å². The number of halogens is 16. The van der Waals surface area contributed by atoms with Crippen LogP contribution in [-0.4, -0.2) is 90.8 Å². The van der Waals surface area contributed by atoms with E-state index in [1.165, 1.54) is 39.8 Å². The molecule has 0 aromatic heterocycles. The molecule has 0 radical (unpaired) electrons. The van der Waals surface area contributed by atoms with Gasteiger partial charge in [0.15, 0.2) is 46.5 Å². The fourth-order valence-corrected chi connectivity index (χ4v) is 11.4. The van der Waals surface area contributed by atoms with Gasteiger partial charge < -0.3 is 36.6 Å². The van der Waals surface area contributed by atoms with Gasteiger partial charge in [-0.1, -0.05) is 82.0 Å². The van der Waals surface area contributed by atoms with Crippen molar-refractivity contribution < 1.29 is 166 Å². The fraction of sp³-hybridized carbons (Fsp3) is 0.108. The average Bonchev–Trinajstić information content (AvgIpc) is 0.760. The smallest absolute Gasteiger partial charge is 0.205 e. The van der Waals surface area contributed by atoms with Gasteiger partial charge in [0.2, 0.25) is 17.4 Å². The van der Waals surface area contributed by atoms with E-state index in [-0.39, 0.29) is 39.0 Å². The summed E-state index contributed by atoms with van der Waals surface area (Å²) in [6.07, 6.45) is 0. The van der Waals surface area contributed by atoms with Crippen molar-refractivity contribution in [2.45, 2.75) is 82.7 Å². The number of ether oxygens (including phenoxy) is 1. The number of rotatable bonds is 16. The molecule has 0 N–H and O–H groups in total. The fourth-order valence-electron chi connectivity index (χ4n) is 7.48. The van der Waals surface area contributed by atoms with E-state index in [1.807, 2.05) is 0 Å². The lowest BCUT2D eigenvalue weighted by molar-refractivity contribution is 0.331. The lowest BCUT2D eigenvalue weighted by Crippen LogP contribution is -2.12. The van der Waals surface area contributed by atoms with Gasteiger partial charge in [-0.25, -0.2) is 120 Å². The molecule has 7 aromatic carbocycles. The second kappa shape index (κ2) is 38.0. The van der Waals surface area contributed by atoms with Crippen LogP contribution < -0.4 is 4.74 Å². The van der Waals surface area contributed by atoms with Crippen LogP contribution >= 0.6 is 0 Å². The number of hydrogen-bond donors (Lipinski definition) is 0. The Morgan fingerprint density at radius 3 is 0.918 bits per heavy atom. The first-order valence-electron chi connectivity index (χ1n) is 27.9. The Bertz CT molecular complexity index is 5710. The molecule has 7 aromatic rings. The summed E-state index contributed by atoms with van der Waals surface area (Å²) < 4.78 is 437.